The van der Waals surface area contributed by atoms with E-state index in [9.17, 15) is 4.79 Å². The van der Waals surface area contributed by atoms with Gasteiger partial charge in [0.25, 0.3) is 0 Å². The summed E-state index contributed by atoms with van der Waals surface area (Å²) in [5.41, 5.74) is 3.75. The molecule has 4 aromatic rings. The molecule has 0 aromatic carbocycles. The second-order valence-electron chi connectivity index (χ2n) is 5.96. The van der Waals surface area contributed by atoms with E-state index < -0.39 is 0 Å². The highest BCUT2D eigenvalue weighted by Crippen LogP contribution is 2.14. The van der Waals surface area contributed by atoms with Crippen molar-refractivity contribution in [3.05, 3.63) is 72.6 Å². The first-order valence-electron chi connectivity index (χ1n) is 8.36. The van der Waals surface area contributed by atoms with E-state index in [4.69, 9.17) is 0 Å². The fraction of sp³-hybridized carbons (Fsp3) is 0.211. The predicted octanol–water partition coefficient (Wildman–Crippen LogP) is 2.92. The van der Waals surface area contributed by atoms with Crippen molar-refractivity contribution in [1.82, 2.24) is 23.7 Å². The van der Waals surface area contributed by atoms with Crippen LogP contribution in [0.15, 0.2) is 61.2 Å². The van der Waals surface area contributed by atoms with Gasteiger partial charge < -0.3 is 13.7 Å². The Morgan fingerprint density at radius 3 is 1.92 bits per heavy atom. The number of carbonyl (C=O) groups is 1. The van der Waals surface area contributed by atoms with Crippen LogP contribution in [0.5, 0.6) is 0 Å². The molecule has 0 N–H and O–H groups in total. The molecule has 0 aliphatic carbocycles. The van der Waals surface area contributed by atoms with Crippen LogP contribution in [0.1, 0.15) is 24.7 Å². The van der Waals surface area contributed by atoms with Gasteiger partial charge in [-0.15, -0.1) is 0 Å². The maximum atomic E-state index is 12.5. The molecule has 0 fully saturated rings. The summed E-state index contributed by atoms with van der Waals surface area (Å²) in [6.07, 6.45) is 8.08. The molecule has 4 heterocycles. The van der Waals surface area contributed by atoms with E-state index in [1.807, 2.05) is 81.8 Å². The number of nitrogens with zero attached hydrogens (tertiary/aromatic N) is 5. The molecule has 6 nitrogen and oxygen atoms in total. The van der Waals surface area contributed by atoms with E-state index >= 15 is 0 Å². The normalized spacial score (nSPS) is 11.2. The van der Waals surface area contributed by atoms with Crippen molar-refractivity contribution >= 4 is 17.2 Å². The number of hydrogen-bond donors (Lipinski definition) is 0. The van der Waals surface area contributed by atoms with E-state index in [1.165, 1.54) is 0 Å². The van der Waals surface area contributed by atoms with Crippen LogP contribution in [0.3, 0.4) is 0 Å². The smallest absolute Gasteiger partial charge is 0.222 e. The van der Waals surface area contributed by atoms with Gasteiger partial charge in [0.2, 0.25) is 5.91 Å². The Balaban J connectivity index is 1.65. The lowest BCUT2D eigenvalue weighted by Crippen LogP contribution is -2.30. The summed E-state index contributed by atoms with van der Waals surface area (Å²) in [7, 11) is 0. The molecular formula is C19H19N5O. The molecule has 0 saturated heterocycles. The zero-order valence-corrected chi connectivity index (χ0v) is 14.0. The number of amides is 1. The largest absolute Gasteiger partial charge is 0.331 e. The number of carbonyl (C=O) groups excluding carboxylic acids is 1. The zero-order chi connectivity index (χ0) is 17.2. The van der Waals surface area contributed by atoms with Crippen molar-refractivity contribution in [3.8, 4) is 0 Å². The summed E-state index contributed by atoms with van der Waals surface area (Å²) in [6.45, 7) is 2.91. The minimum atomic E-state index is 0.108. The molecule has 0 unspecified atom stereocenters. The van der Waals surface area contributed by atoms with Gasteiger partial charge in [0.1, 0.15) is 11.3 Å². The Labute approximate surface area is 145 Å². The average molecular weight is 333 g/mol. The third-order valence-corrected chi connectivity index (χ3v) is 4.35. The highest BCUT2D eigenvalue weighted by Gasteiger charge is 2.17. The molecule has 0 radical (unpaired) electrons. The summed E-state index contributed by atoms with van der Waals surface area (Å²) in [6, 6.07) is 11.8. The summed E-state index contributed by atoms with van der Waals surface area (Å²) in [5.74, 6) is 0.108. The Morgan fingerprint density at radius 1 is 0.920 bits per heavy atom. The first-order valence-corrected chi connectivity index (χ1v) is 8.36. The van der Waals surface area contributed by atoms with E-state index in [-0.39, 0.29) is 5.91 Å². The molecular weight excluding hydrogens is 314 g/mol. The van der Waals surface area contributed by atoms with Gasteiger partial charge in [-0.1, -0.05) is 19.1 Å². The van der Waals surface area contributed by atoms with Crippen molar-refractivity contribution < 1.29 is 4.79 Å². The molecule has 6 heteroatoms. The standard InChI is InChI=1S/C19H19N5O/c1-2-19(25)22(13-15-11-20-17-7-3-5-9-23(15)17)14-16-12-21-18-8-4-6-10-24(16)18/h3-12H,2,13-14H2,1H3. The number of imidazole rings is 2. The highest BCUT2D eigenvalue weighted by molar-refractivity contribution is 5.75. The van der Waals surface area contributed by atoms with Crippen molar-refractivity contribution in [2.45, 2.75) is 26.4 Å². The topological polar surface area (TPSA) is 54.9 Å². The lowest BCUT2D eigenvalue weighted by atomic mass is 10.3. The van der Waals surface area contributed by atoms with Crippen LogP contribution in [0.2, 0.25) is 0 Å². The predicted molar refractivity (Wildman–Crippen MR) is 94.9 cm³/mol. The molecule has 25 heavy (non-hydrogen) atoms. The Morgan fingerprint density at radius 2 is 1.44 bits per heavy atom. The molecule has 1 amide bonds. The van der Waals surface area contributed by atoms with Crippen LogP contribution in [0.25, 0.3) is 11.3 Å². The summed E-state index contributed by atoms with van der Waals surface area (Å²) in [4.78, 5) is 23.2. The van der Waals surface area contributed by atoms with Gasteiger partial charge in [0, 0.05) is 18.8 Å². The second kappa shape index (κ2) is 6.39. The number of aromatic nitrogens is 4. The molecule has 4 aromatic heterocycles. The van der Waals surface area contributed by atoms with Gasteiger partial charge in [-0.2, -0.15) is 0 Å². The van der Waals surface area contributed by atoms with Crippen LogP contribution in [0, 0.1) is 0 Å². The van der Waals surface area contributed by atoms with Gasteiger partial charge in [-0.25, -0.2) is 9.97 Å². The van der Waals surface area contributed by atoms with Crippen LogP contribution >= 0.6 is 0 Å². The van der Waals surface area contributed by atoms with Gasteiger partial charge in [0.05, 0.1) is 36.9 Å². The molecule has 126 valence electrons. The van der Waals surface area contributed by atoms with Gasteiger partial charge in [0.15, 0.2) is 0 Å². The second-order valence-corrected chi connectivity index (χ2v) is 5.96. The lowest BCUT2D eigenvalue weighted by Gasteiger charge is -2.22. The lowest BCUT2D eigenvalue weighted by molar-refractivity contribution is -0.132. The fourth-order valence-corrected chi connectivity index (χ4v) is 3.05. The fourth-order valence-electron chi connectivity index (χ4n) is 3.05. The molecule has 0 atom stereocenters. The average Bonchev–Trinajstić information content (AvgIpc) is 3.25. The van der Waals surface area contributed by atoms with Gasteiger partial charge >= 0.3 is 0 Å². The molecule has 0 aliphatic rings. The van der Waals surface area contributed by atoms with Crippen molar-refractivity contribution in [3.63, 3.8) is 0 Å². The maximum absolute atomic E-state index is 12.5. The number of fused-ring (bicyclic) bond motifs is 2. The van der Waals surface area contributed by atoms with E-state index in [1.54, 1.807) is 0 Å². The summed E-state index contributed by atoms with van der Waals surface area (Å²) < 4.78 is 4.04. The maximum Gasteiger partial charge on any atom is 0.222 e. The van der Waals surface area contributed by atoms with E-state index in [0.29, 0.717) is 19.5 Å². The molecule has 0 saturated carbocycles. The number of rotatable bonds is 5. The first kappa shape index (κ1) is 15.4. The first-order chi connectivity index (χ1) is 12.3. The van der Waals surface area contributed by atoms with Gasteiger partial charge in [-0.3, -0.25) is 4.79 Å². The number of hydrogen-bond acceptors (Lipinski definition) is 3. The third kappa shape index (κ3) is 2.87. The van der Waals surface area contributed by atoms with Crippen molar-refractivity contribution in [2.75, 3.05) is 0 Å². The molecule has 0 spiro atoms. The Hall–Kier alpha value is -3.15. The van der Waals surface area contributed by atoms with Crippen LogP contribution in [-0.2, 0) is 17.9 Å². The molecule has 0 bridgehead atoms. The summed E-state index contributed by atoms with van der Waals surface area (Å²) in [5, 5.41) is 0. The minimum Gasteiger partial charge on any atom is -0.331 e. The monoisotopic (exact) mass is 333 g/mol. The Bertz CT molecular complexity index is 956. The zero-order valence-electron chi connectivity index (χ0n) is 14.0. The third-order valence-electron chi connectivity index (χ3n) is 4.35. The Kier molecular flexibility index (Phi) is 3.93. The SMILES string of the molecule is CCC(=O)N(Cc1cnc2ccccn12)Cc1cnc2ccccn12. The van der Waals surface area contributed by atoms with Gasteiger partial charge in [-0.05, 0) is 24.3 Å². The van der Waals surface area contributed by atoms with Crippen molar-refractivity contribution in [2.24, 2.45) is 0 Å². The minimum absolute atomic E-state index is 0.108. The molecule has 4 rings (SSSR count). The highest BCUT2D eigenvalue weighted by atomic mass is 16.2. The number of pyridine rings is 2. The summed E-state index contributed by atoms with van der Waals surface area (Å²) >= 11 is 0. The van der Waals surface area contributed by atoms with Crippen LogP contribution in [0.4, 0.5) is 0 Å². The molecule has 0 aliphatic heterocycles. The van der Waals surface area contributed by atoms with E-state index in [0.717, 1.165) is 22.7 Å². The van der Waals surface area contributed by atoms with Crippen LogP contribution < -0.4 is 0 Å². The van der Waals surface area contributed by atoms with Crippen LogP contribution in [-0.4, -0.2) is 29.6 Å². The van der Waals surface area contributed by atoms with E-state index in [2.05, 4.69) is 9.97 Å². The quantitative estimate of drug-likeness (QED) is 0.564. The van der Waals surface area contributed by atoms with Crippen molar-refractivity contribution in [1.29, 1.82) is 0 Å².